The molecule has 6 heteroatoms. The molecule has 1 heterocycles. The van der Waals surface area contributed by atoms with E-state index in [1.165, 1.54) is 25.9 Å². The zero-order chi connectivity index (χ0) is 15.9. The predicted molar refractivity (Wildman–Crippen MR) is 90.9 cm³/mol. The average Bonchev–Trinajstić information content (AvgIpc) is 3.08. The number of ether oxygens (including phenoxy) is 2. The quantitative estimate of drug-likeness (QED) is 0.828. The van der Waals surface area contributed by atoms with E-state index in [2.05, 4.69) is 10.6 Å². The molecule has 1 saturated heterocycles. The first-order chi connectivity index (χ1) is 10.2. The van der Waals surface area contributed by atoms with E-state index >= 15 is 0 Å². The van der Waals surface area contributed by atoms with Crippen LogP contribution in [0.15, 0.2) is 18.2 Å². The molecule has 0 aromatic heterocycles. The number of hydrogen-bond donors (Lipinski definition) is 2. The summed E-state index contributed by atoms with van der Waals surface area (Å²) in [7, 11) is 5.18. The van der Waals surface area contributed by atoms with E-state index in [1.807, 2.05) is 7.05 Å². The Kier molecular flexibility index (Phi) is 14.1. The van der Waals surface area contributed by atoms with Crippen molar-refractivity contribution in [1.82, 2.24) is 10.6 Å². The van der Waals surface area contributed by atoms with Crippen molar-refractivity contribution >= 4 is 23.2 Å². The molecule has 0 saturated carbocycles. The minimum Gasteiger partial charge on any atom is -0.497 e. The first-order valence-corrected chi connectivity index (χ1v) is 7.74. The summed E-state index contributed by atoms with van der Waals surface area (Å²) in [5.41, 5.74) is 0. The molecule has 0 atom stereocenters. The van der Waals surface area contributed by atoms with Gasteiger partial charge in [-0.1, -0.05) is 23.2 Å². The second-order valence-corrected chi connectivity index (χ2v) is 5.15. The summed E-state index contributed by atoms with van der Waals surface area (Å²) in [6, 6.07) is 5.13. The van der Waals surface area contributed by atoms with Gasteiger partial charge in [0.25, 0.3) is 0 Å². The molecule has 2 N–H and O–H groups in total. The fourth-order valence-electron chi connectivity index (χ4n) is 1.43. The van der Waals surface area contributed by atoms with Gasteiger partial charge in [0.05, 0.1) is 23.8 Å². The second-order valence-electron chi connectivity index (χ2n) is 4.33. The third-order valence-corrected chi connectivity index (χ3v) is 3.38. The van der Waals surface area contributed by atoms with Crippen LogP contribution >= 0.6 is 23.2 Å². The lowest BCUT2D eigenvalue weighted by atomic mass is 10.3. The standard InChI is InChI=1S/C7H6Cl2O.C4H11NO.C4H9N/c1-10-5-2-3-6(8)7(9)4-5;1-5-3-4-6-2;1-2-4-5-3-1/h2-4H,1H3;5H,3-4H2,1-2H3;5H,1-4H2. The maximum Gasteiger partial charge on any atom is 0.120 e. The maximum absolute atomic E-state index is 5.68. The van der Waals surface area contributed by atoms with Crippen LogP contribution in [0.1, 0.15) is 12.8 Å². The molecule has 1 aromatic carbocycles. The van der Waals surface area contributed by atoms with Crippen molar-refractivity contribution < 1.29 is 9.47 Å². The van der Waals surface area contributed by atoms with Crippen LogP contribution in [0.4, 0.5) is 0 Å². The summed E-state index contributed by atoms with van der Waals surface area (Å²) in [6.07, 6.45) is 2.78. The minimum atomic E-state index is 0.515. The lowest BCUT2D eigenvalue weighted by Crippen LogP contribution is -2.12. The normalized spacial score (nSPS) is 12.8. The van der Waals surface area contributed by atoms with Crippen molar-refractivity contribution in [3.05, 3.63) is 28.2 Å². The van der Waals surface area contributed by atoms with E-state index in [1.54, 1.807) is 32.4 Å². The van der Waals surface area contributed by atoms with Gasteiger partial charge in [0.2, 0.25) is 0 Å². The number of hydrogen-bond acceptors (Lipinski definition) is 4. The van der Waals surface area contributed by atoms with Crippen LogP contribution < -0.4 is 15.4 Å². The minimum absolute atomic E-state index is 0.515. The van der Waals surface area contributed by atoms with Gasteiger partial charge >= 0.3 is 0 Å². The van der Waals surface area contributed by atoms with Crippen molar-refractivity contribution in [3.63, 3.8) is 0 Å². The van der Waals surface area contributed by atoms with Gasteiger partial charge < -0.3 is 20.1 Å². The SMILES string of the molecule is C1CCNC1.CNCCOC.COc1ccc(Cl)c(Cl)c1. The summed E-state index contributed by atoms with van der Waals surface area (Å²) in [4.78, 5) is 0. The number of methoxy groups -OCH3 is 2. The molecular weight excluding hydrogens is 311 g/mol. The molecule has 0 unspecified atom stereocenters. The summed E-state index contributed by atoms with van der Waals surface area (Å²) in [6.45, 7) is 4.24. The molecule has 0 bridgehead atoms. The number of halogens is 2. The molecule has 1 fully saturated rings. The molecular formula is C15H26Cl2N2O2. The smallest absolute Gasteiger partial charge is 0.120 e. The highest BCUT2D eigenvalue weighted by atomic mass is 35.5. The van der Waals surface area contributed by atoms with Crippen molar-refractivity contribution in [2.24, 2.45) is 0 Å². The van der Waals surface area contributed by atoms with Gasteiger partial charge in [0, 0.05) is 19.7 Å². The summed E-state index contributed by atoms with van der Waals surface area (Å²) in [5, 5.41) is 7.22. The molecule has 1 aromatic rings. The number of benzene rings is 1. The van der Waals surface area contributed by atoms with E-state index in [9.17, 15) is 0 Å². The van der Waals surface area contributed by atoms with Crippen LogP contribution in [0.2, 0.25) is 10.0 Å². The molecule has 2 rings (SSSR count). The molecule has 0 amide bonds. The van der Waals surface area contributed by atoms with Crippen LogP contribution in [0, 0.1) is 0 Å². The number of rotatable bonds is 4. The molecule has 1 aliphatic heterocycles. The van der Waals surface area contributed by atoms with Gasteiger partial charge in [-0.15, -0.1) is 0 Å². The Morgan fingerprint density at radius 2 is 1.81 bits per heavy atom. The third-order valence-electron chi connectivity index (χ3n) is 2.64. The Morgan fingerprint density at radius 1 is 1.14 bits per heavy atom. The Morgan fingerprint density at radius 3 is 2.14 bits per heavy atom. The Labute approximate surface area is 138 Å². The van der Waals surface area contributed by atoms with Gasteiger partial charge in [0.15, 0.2) is 0 Å². The van der Waals surface area contributed by atoms with Gasteiger partial charge in [-0.05, 0) is 45.1 Å². The van der Waals surface area contributed by atoms with E-state index in [-0.39, 0.29) is 0 Å². The Hall–Kier alpha value is -0.520. The molecule has 0 aliphatic carbocycles. The van der Waals surface area contributed by atoms with Gasteiger partial charge in [0.1, 0.15) is 5.75 Å². The van der Waals surface area contributed by atoms with Crippen LogP contribution in [-0.2, 0) is 4.74 Å². The van der Waals surface area contributed by atoms with E-state index in [4.69, 9.17) is 32.7 Å². The average molecular weight is 337 g/mol. The monoisotopic (exact) mass is 336 g/mol. The zero-order valence-corrected chi connectivity index (χ0v) is 14.6. The van der Waals surface area contributed by atoms with Crippen LogP contribution in [0.25, 0.3) is 0 Å². The first-order valence-electron chi connectivity index (χ1n) is 6.99. The number of likely N-dealkylation sites (N-methyl/N-ethyl adjacent to an activating group) is 1. The zero-order valence-electron chi connectivity index (χ0n) is 13.0. The van der Waals surface area contributed by atoms with Crippen molar-refractivity contribution in [2.45, 2.75) is 12.8 Å². The fourth-order valence-corrected chi connectivity index (χ4v) is 1.72. The molecule has 0 radical (unpaired) electrons. The summed E-state index contributed by atoms with van der Waals surface area (Å²) in [5.74, 6) is 0.717. The molecule has 0 spiro atoms. The molecule has 4 nitrogen and oxygen atoms in total. The molecule has 1 aliphatic rings. The van der Waals surface area contributed by atoms with Crippen LogP contribution in [0.3, 0.4) is 0 Å². The highest BCUT2D eigenvalue weighted by Crippen LogP contribution is 2.25. The lowest BCUT2D eigenvalue weighted by molar-refractivity contribution is 0.201. The highest BCUT2D eigenvalue weighted by molar-refractivity contribution is 6.42. The fraction of sp³-hybridized carbons (Fsp3) is 0.600. The predicted octanol–water partition coefficient (Wildman–Crippen LogP) is 3.22. The lowest BCUT2D eigenvalue weighted by Gasteiger charge is -1.99. The van der Waals surface area contributed by atoms with E-state index in [0.717, 1.165) is 18.9 Å². The first kappa shape index (κ1) is 20.5. The van der Waals surface area contributed by atoms with E-state index in [0.29, 0.717) is 10.0 Å². The van der Waals surface area contributed by atoms with Gasteiger partial charge in [-0.25, -0.2) is 0 Å². The Balaban J connectivity index is 0.000000311. The topological polar surface area (TPSA) is 42.5 Å². The summed E-state index contributed by atoms with van der Waals surface area (Å²) >= 11 is 11.3. The third kappa shape index (κ3) is 11.8. The second kappa shape index (κ2) is 14.4. The maximum atomic E-state index is 5.68. The molecule has 122 valence electrons. The molecule has 21 heavy (non-hydrogen) atoms. The van der Waals surface area contributed by atoms with Crippen LogP contribution in [0.5, 0.6) is 5.75 Å². The highest BCUT2D eigenvalue weighted by Gasteiger charge is 1.97. The van der Waals surface area contributed by atoms with E-state index < -0.39 is 0 Å². The van der Waals surface area contributed by atoms with Gasteiger partial charge in [-0.2, -0.15) is 0 Å². The van der Waals surface area contributed by atoms with Crippen molar-refractivity contribution in [1.29, 1.82) is 0 Å². The Bertz CT molecular complexity index is 350. The van der Waals surface area contributed by atoms with Gasteiger partial charge in [-0.3, -0.25) is 0 Å². The van der Waals surface area contributed by atoms with Crippen molar-refractivity contribution in [2.75, 3.05) is 47.5 Å². The summed E-state index contributed by atoms with van der Waals surface area (Å²) < 4.78 is 9.63. The van der Waals surface area contributed by atoms with Crippen molar-refractivity contribution in [3.8, 4) is 5.75 Å². The largest absolute Gasteiger partial charge is 0.497 e. The van der Waals surface area contributed by atoms with Crippen LogP contribution in [-0.4, -0.2) is 47.5 Å². The number of nitrogens with one attached hydrogen (secondary N) is 2.